The molecule has 0 aliphatic heterocycles. The quantitative estimate of drug-likeness (QED) is 0.313. The zero-order valence-electron chi connectivity index (χ0n) is 12.4. The van der Waals surface area contributed by atoms with Crippen LogP contribution in [0.4, 0.5) is 5.69 Å². The number of rotatable bonds is 7. The highest BCUT2D eigenvalue weighted by Gasteiger charge is 2.23. The van der Waals surface area contributed by atoms with Gasteiger partial charge in [-0.3, -0.25) is 10.1 Å². The van der Waals surface area contributed by atoms with Crippen LogP contribution in [0, 0.1) is 10.1 Å². The fraction of sp³-hybridized carbons (Fsp3) is 0.571. The van der Waals surface area contributed by atoms with E-state index in [2.05, 4.69) is 42.9 Å². The van der Waals surface area contributed by atoms with Crippen LogP contribution in [0.2, 0.25) is 18.1 Å². The minimum absolute atomic E-state index is 0.159. The number of halogens is 1. The molecule has 0 fully saturated rings. The van der Waals surface area contributed by atoms with E-state index in [-0.39, 0.29) is 15.6 Å². The molecule has 0 amide bonds. The van der Waals surface area contributed by atoms with E-state index in [1.165, 1.54) is 6.07 Å². The van der Waals surface area contributed by atoms with Crippen molar-refractivity contribution in [3.05, 3.63) is 38.3 Å². The Labute approximate surface area is 130 Å². The topological polar surface area (TPSA) is 52.4 Å². The van der Waals surface area contributed by atoms with Gasteiger partial charge in [-0.05, 0) is 17.2 Å². The third kappa shape index (κ3) is 4.99. The second-order valence-corrected chi connectivity index (χ2v) is 9.99. The average Bonchev–Trinajstić information content (AvgIpc) is 2.34. The molecule has 0 bridgehead atoms. The van der Waals surface area contributed by atoms with Crippen molar-refractivity contribution >= 4 is 30.4 Å². The van der Waals surface area contributed by atoms with Gasteiger partial charge in [0.15, 0.2) is 0 Å². The first-order valence-corrected chi connectivity index (χ1v) is 9.84. The number of nitrogens with zero attached hydrogens (tertiary/aromatic N) is 1. The predicted molar refractivity (Wildman–Crippen MR) is 86.8 cm³/mol. The van der Waals surface area contributed by atoms with Gasteiger partial charge in [-0.15, -0.1) is 0 Å². The SMILES string of the molecule is C[Si](C)C(C)(C)COCCc1cc(Br)ccc1[N+](=O)[O-]. The molecule has 0 unspecified atom stereocenters. The van der Waals surface area contributed by atoms with Crippen LogP contribution in [0.1, 0.15) is 19.4 Å². The van der Waals surface area contributed by atoms with Crippen LogP contribution in [0.25, 0.3) is 0 Å². The van der Waals surface area contributed by atoms with Crippen molar-refractivity contribution < 1.29 is 9.66 Å². The molecule has 1 aromatic rings. The maximum Gasteiger partial charge on any atom is 0.272 e. The van der Waals surface area contributed by atoms with E-state index in [4.69, 9.17) is 4.74 Å². The van der Waals surface area contributed by atoms with Crippen LogP contribution >= 0.6 is 15.9 Å². The third-order valence-electron chi connectivity index (χ3n) is 3.57. The van der Waals surface area contributed by atoms with Crippen LogP contribution in [-0.4, -0.2) is 26.9 Å². The molecule has 20 heavy (non-hydrogen) atoms. The smallest absolute Gasteiger partial charge is 0.272 e. The van der Waals surface area contributed by atoms with E-state index in [9.17, 15) is 10.1 Å². The van der Waals surface area contributed by atoms with Gasteiger partial charge in [-0.2, -0.15) is 0 Å². The van der Waals surface area contributed by atoms with Crippen molar-refractivity contribution in [1.82, 2.24) is 0 Å². The summed E-state index contributed by atoms with van der Waals surface area (Å²) in [5.74, 6) is 0. The zero-order chi connectivity index (χ0) is 15.3. The van der Waals surface area contributed by atoms with Gasteiger partial charge in [0, 0.05) is 29.1 Å². The van der Waals surface area contributed by atoms with Crippen LogP contribution in [0.15, 0.2) is 22.7 Å². The maximum atomic E-state index is 11.0. The largest absolute Gasteiger partial charge is 0.381 e. The number of hydrogen-bond acceptors (Lipinski definition) is 3. The summed E-state index contributed by atoms with van der Waals surface area (Å²) in [5.41, 5.74) is 0.868. The average molecular weight is 359 g/mol. The molecule has 0 aliphatic rings. The van der Waals surface area contributed by atoms with Gasteiger partial charge in [0.25, 0.3) is 5.69 Å². The molecule has 111 valence electrons. The Morgan fingerprint density at radius 2 is 2.05 bits per heavy atom. The fourth-order valence-corrected chi connectivity index (χ4v) is 2.39. The first-order valence-electron chi connectivity index (χ1n) is 6.55. The molecule has 1 radical (unpaired) electrons. The number of benzene rings is 1. The fourth-order valence-electron chi connectivity index (χ4n) is 1.59. The van der Waals surface area contributed by atoms with Crippen molar-refractivity contribution in [3.8, 4) is 0 Å². The van der Waals surface area contributed by atoms with E-state index in [1.807, 2.05) is 0 Å². The second kappa shape index (κ2) is 7.33. The van der Waals surface area contributed by atoms with Crippen molar-refractivity contribution in [2.75, 3.05) is 13.2 Å². The highest BCUT2D eigenvalue weighted by atomic mass is 79.9. The molecular formula is C14H21BrNO3Si. The third-order valence-corrected chi connectivity index (χ3v) is 6.92. The van der Waals surface area contributed by atoms with Gasteiger partial charge < -0.3 is 4.74 Å². The monoisotopic (exact) mass is 358 g/mol. The lowest BCUT2D eigenvalue weighted by molar-refractivity contribution is -0.385. The summed E-state index contributed by atoms with van der Waals surface area (Å²) < 4.78 is 6.58. The summed E-state index contributed by atoms with van der Waals surface area (Å²) in [6.07, 6.45) is 0.557. The molecule has 0 atom stereocenters. The molecule has 6 heteroatoms. The first-order chi connectivity index (χ1) is 9.24. The van der Waals surface area contributed by atoms with Crippen molar-refractivity contribution in [2.24, 2.45) is 0 Å². The van der Waals surface area contributed by atoms with E-state index in [1.54, 1.807) is 12.1 Å². The van der Waals surface area contributed by atoms with Crippen LogP contribution in [-0.2, 0) is 11.2 Å². The minimum atomic E-state index is -0.424. The zero-order valence-corrected chi connectivity index (χ0v) is 15.0. The highest BCUT2D eigenvalue weighted by Crippen LogP contribution is 2.28. The maximum absolute atomic E-state index is 11.0. The Morgan fingerprint density at radius 3 is 2.60 bits per heavy atom. The lowest BCUT2D eigenvalue weighted by atomic mass is 10.1. The molecule has 1 aromatic carbocycles. The molecule has 0 aliphatic carbocycles. The van der Waals surface area contributed by atoms with Gasteiger partial charge in [0.05, 0.1) is 20.3 Å². The Bertz CT molecular complexity index is 477. The molecule has 0 saturated heterocycles. The van der Waals surface area contributed by atoms with Gasteiger partial charge in [0.2, 0.25) is 0 Å². The Hall–Kier alpha value is -0.723. The molecule has 0 aromatic heterocycles. The molecule has 1 rings (SSSR count). The molecule has 0 saturated carbocycles. The first kappa shape index (κ1) is 17.3. The lowest BCUT2D eigenvalue weighted by Gasteiger charge is -2.27. The Balaban J connectivity index is 2.58. The van der Waals surface area contributed by atoms with Crippen LogP contribution in [0.3, 0.4) is 0 Å². The molecule has 4 nitrogen and oxygen atoms in total. The molecule has 0 heterocycles. The summed E-state index contributed by atoms with van der Waals surface area (Å²) in [6, 6.07) is 5.01. The van der Waals surface area contributed by atoms with E-state index >= 15 is 0 Å². The normalized spacial score (nSPS) is 11.9. The summed E-state index contributed by atoms with van der Waals surface area (Å²) in [6.45, 7) is 10.2. The highest BCUT2D eigenvalue weighted by molar-refractivity contribution is 9.10. The molecule has 0 N–H and O–H groups in total. The standard InChI is InChI=1S/C14H21BrNO3Si/c1-14(2,20(3)4)10-19-8-7-11-9-12(15)5-6-13(11)16(17)18/h5-6,9H,7-8,10H2,1-4H3. The van der Waals surface area contributed by atoms with E-state index < -0.39 is 8.80 Å². The lowest BCUT2D eigenvalue weighted by Crippen LogP contribution is -2.26. The van der Waals surface area contributed by atoms with Gasteiger partial charge in [-0.1, -0.05) is 42.9 Å². The van der Waals surface area contributed by atoms with Crippen LogP contribution in [0.5, 0.6) is 0 Å². The van der Waals surface area contributed by atoms with Gasteiger partial charge in [-0.25, -0.2) is 0 Å². The second-order valence-electron chi connectivity index (χ2n) is 5.72. The van der Waals surface area contributed by atoms with Crippen molar-refractivity contribution in [2.45, 2.75) is 38.4 Å². The summed E-state index contributed by atoms with van der Waals surface area (Å²) in [7, 11) is -0.424. The minimum Gasteiger partial charge on any atom is -0.381 e. The number of hydrogen-bond donors (Lipinski definition) is 0. The van der Waals surface area contributed by atoms with Gasteiger partial charge >= 0.3 is 0 Å². The van der Waals surface area contributed by atoms with Crippen molar-refractivity contribution in [3.63, 3.8) is 0 Å². The van der Waals surface area contributed by atoms with Gasteiger partial charge in [0.1, 0.15) is 0 Å². The summed E-state index contributed by atoms with van der Waals surface area (Å²) >= 11 is 3.35. The molecular weight excluding hydrogens is 338 g/mol. The number of ether oxygens (including phenoxy) is 1. The molecule has 0 spiro atoms. The Kier molecular flexibility index (Phi) is 6.35. The van der Waals surface area contributed by atoms with E-state index in [0.29, 0.717) is 25.2 Å². The predicted octanol–water partition coefficient (Wildman–Crippen LogP) is 4.45. The summed E-state index contributed by atoms with van der Waals surface area (Å²) in [4.78, 5) is 10.6. The number of nitro benzene ring substituents is 1. The Morgan fingerprint density at radius 1 is 1.40 bits per heavy atom. The van der Waals surface area contributed by atoms with Crippen LogP contribution < -0.4 is 0 Å². The van der Waals surface area contributed by atoms with E-state index in [0.717, 1.165) is 4.47 Å². The van der Waals surface area contributed by atoms with Crippen molar-refractivity contribution in [1.29, 1.82) is 0 Å². The summed E-state index contributed by atoms with van der Waals surface area (Å²) in [5, 5.41) is 11.2. The number of nitro groups is 1.